The molecule has 1 saturated carbocycles. The van der Waals surface area contributed by atoms with E-state index >= 15 is 0 Å². The monoisotopic (exact) mass is 391 g/mol. The third kappa shape index (κ3) is 3.58. The van der Waals surface area contributed by atoms with Crippen LogP contribution in [0.15, 0.2) is 34.5 Å². The fourth-order valence-electron chi connectivity index (χ4n) is 3.55. The fourth-order valence-corrected chi connectivity index (χ4v) is 5.16. The van der Waals surface area contributed by atoms with E-state index in [2.05, 4.69) is 10.1 Å². The van der Waals surface area contributed by atoms with Crippen LogP contribution >= 0.6 is 0 Å². The van der Waals surface area contributed by atoms with Crippen LogP contribution in [0.5, 0.6) is 0 Å². The van der Waals surface area contributed by atoms with Gasteiger partial charge in [0.25, 0.3) is 15.6 Å². The predicted molar refractivity (Wildman–Crippen MR) is 100.0 cm³/mol. The fraction of sp³-hybridized carbons (Fsp3) is 0.611. The van der Waals surface area contributed by atoms with E-state index in [1.54, 1.807) is 29.2 Å². The molecule has 2 aromatic rings. The number of nitrogens with zero attached hydrogens (tertiary/aromatic N) is 5. The van der Waals surface area contributed by atoms with E-state index in [4.69, 9.17) is 0 Å². The van der Waals surface area contributed by atoms with Gasteiger partial charge in [-0.15, -0.1) is 0 Å². The predicted octanol–water partition coefficient (Wildman–Crippen LogP) is 1.75. The minimum atomic E-state index is -3.69. The average molecular weight is 391 g/mol. The van der Waals surface area contributed by atoms with Crippen molar-refractivity contribution in [1.29, 1.82) is 0 Å². The molecular formula is C18H25N5O3S. The number of hydrogen-bond donors (Lipinski definition) is 0. The highest BCUT2D eigenvalue weighted by Gasteiger charge is 2.37. The largest absolute Gasteiger partial charge is 0.334 e. The van der Waals surface area contributed by atoms with Crippen molar-refractivity contribution in [2.45, 2.75) is 69.1 Å². The minimum Gasteiger partial charge on any atom is -0.334 e. The first-order valence-electron chi connectivity index (χ1n) is 9.49. The third-order valence-electron chi connectivity index (χ3n) is 5.34. The maximum Gasteiger partial charge on any atom is 0.266 e. The van der Waals surface area contributed by atoms with Crippen LogP contribution in [-0.4, -0.2) is 44.6 Å². The highest BCUT2D eigenvalue weighted by Crippen LogP contribution is 2.38. The summed E-state index contributed by atoms with van der Waals surface area (Å²) in [5.74, 6) is 0.445. The van der Waals surface area contributed by atoms with Crippen molar-refractivity contribution in [3.63, 3.8) is 0 Å². The quantitative estimate of drug-likeness (QED) is 0.748. The van der Waals surface area contributed by atoms with Gasteiger partial charge in [-0.05, 0) is 45.6 Å². The third-order valence-corrected chi connectivity index (χ3v) is 7.17. The van der Waals surface area contributed by atoms with Gasteiger partial charge in [-0.3, -0.25) is 4.79 Å². The summed E-state index contributed by atoms with van der Waals surface area (Å²) in [6, 6.07) is 3.19. The van der Waals surface area contributed by atoms with Gasteiger partial charge < -0.3 is 4.57 Å². The van der Waals surface area contributed by atoms with E-state index < -0.39 is 10.0 Å². The van der Waals surface area contributed by atoms with E-state index in [-0.39, 0.29) is 29.2 Å². The molecule has 0 N–H and O–H groups in total. The van der Waals surface area contributed by atoms with Crippen LogP contribution in [0.3, 0.4) is 0 Å². The number of aromatic nitrogens is 4. The molecule has 27 heavy (non-hydrogen) atoms. The SMILES string of the molecule is CC(C)n1cnc(S(=O)(=O)N2CCCC2Cn2nc(C3CC3)ccc2=O)c1. The number of rotatable bonds is 6. The van der Waals surface area contributed by atoms with E-state index in [1.165, 1.54) is 8.99 Å². The molecule has 1 saturated heterocycles. The summed E-state index contributed by atoms with van der Waals surface area (Å²) < 4.78 is 30.9. The summed E-state index contributed by atoms with van der Waals surface area (Å²) in [6.45, 7) is 4.67. The second-order valence-corrected chi connectivity index (χ2v) is 9.55. The maximum absolute atomic E-state index is 13.1. The molecule has 2 aliphatic rings. The van der Waals surface area contributed by atoms with E-state index in [9.17, 15) is 13.2 Å². The molecule has 1 aliphatic heterocycles. The van der Waals surface area contributed by atoms with Crippen LogP contribution in [0.4, 0.5) is 0 Å². The maximum atomic E-state index is 13.1. The molecular weight excluding hydrogens is 366 g/mol. The molecule has 0 radical (unpaired) electrons. The molecule has 0 amide bonds. The molecule has 3 heterocycles. The molecule has 1 unspecified atom stereocenters. The van der Waals surface area contributed by atoms with Gasteiger partial charge in [-0.2, -0.15) is 9.40 Å². The van der Waals surface area contributed by atoms with Gasteiger partial charge in [0.1, 0.15) is 0 Å². The highest BCUT2D eigenvalue weighted by atomic mass is 32.2. The molecule has 0 aromatic carbocycles. The number of hydrogen-bond acceptors (Lipinski definition) is 5. The van der Waals surface area contributed by atoms with Crippen LogP contribution < -0.4 is 5.56 Å². The Kier molecular flexibility index (Phi) is 4.67. The number of imidazole rings is 1. The van der Waals surface area contributed by atoms with Crippen LogP contribution in [-0.2, 0) is 16.6 Å². The molecule has 8 nitrogen and oxygen atoms in total. The van der Waals surface area contributed by atoms with Gasteiger partial charge in [0.05, 0.1) is 18.6 Å². The van der Waals surface area contributed by atoms with Crippen molar-refractivity contribution in [2.75, 3.05) is 6.54 Å². The van der Waals surface area contributed by atoms with E-state index in [0.29, 0.717) is 18.9 Å². The molecule has 0 bridgehead atoms. The molecule has 1 aliphatic carbocycles. The van der Waals surface area contributed by atoms with Crippen molar-refractivity contribution in [3.05, 3.63) is 40.7 Å². The molecule has 2 fully saturated rings. The molecule has 4 rings (SSSR count). The van der Waals surface area contributed by atoms with Crippen molar-refractivity contribution in [3.8, 4) is 0 Å². The Morgan fingerprint density at radius 3 is 2.67 bits per heavy atom. The van der Waals surface area contributed by atoms with E-state index in [0.717, 1.165) is 25.0 Å². The smallest absolute Gasteiger partial charge is 0.266 e. The van der Waals surface area contributed by atoms with Crippen LogP contribution in [0, 0.1) is 0 Å². The highest BCUT2D eigenvalue weighted by molar-refractivity contribution is 7.89. The van der Waals surface area contributed by atoms with Crippen molar-refractivity contribution < 1.29 is 8.42 Å². The van der Waals surface area contributed by atoms with Crippen LogP contribution in [0.2, 0.25) is 0 Å². The zero-order valence-corrected chi connectivity index (χ0v) is 16.5. The molecule has 0 spiro atoms. The lowest BCUT2D eigenvalue weighted by Gasteiger charge is -2.23. The van der Waals surface area contributed by atoms with Crippen molar-refractivity contribution in [1.82, 2.24) is 23.6 Å². The van der Waals surface area contributed by atoms with Gasteiger partial charge in [0, 0.05) is 36.8 Å². The second-order valence-electron chi connectivity index (χ2n) is 7.72. The molecule has 2 aromatic heterocycles. The Bertz CT molecular complexity index is 990. The first kappa shape index (κ1) is 18.4. The summed E-state index contributed by atoms with van der Waals surface area (Å²) in [6.07, 6.45) is 6.82. The Morgan fingerprint density at radius 2 is 2.00 bits per heavy atom. The topological polar surface area (TPSA) is 90.1 Å². The zero-order valence-electron chi connectivity index (χ0n) is 15.7. The molecule has 9 heteroatoms. The minimum absolute atomic E-state index is 0.0649. The summed E-state index contributed by atoms with van der Waals surface area (Å²) >= 11 is 0. The van der Waals surface area contributed by atoms with Crippen molar-refractivity contribution in [2.24, 2.45) is 0 Å². The Labute approximate surface area is 158 Å². The Balaban J connectivity index is 1.58. The summed E-state index contributed by atoms with van der Waals surface area (Å²) in [5, 5.41) is 4.54. The van der Waals surface area contributed by atoms with Gasteiger partial charge in [-0.1, -0.05) is 0 Å². The second kappa shape index (κ2) is 6.87. The van der Waals surface area contributed by atoms with Gasteiger partial charge in [-0.25, -0.2) is 18.1 Å². The lowest BCUT2D eigenvalue weighted by Crippen LogP contribution is -2.40. The first-order chi connectivity index (χ1) is 12.9. The number of sulfonamides is 1. The molecule has 146 valence electrons. The van der Waals surface area contributed by atoms with Gasteiger partial charge in [0.15, 0.2) is 5.03 Å². The summed E-state index contributed by atoms with van der Waals surface area (Å²) in [5.41, 5.74) is 0.741. The van der Waals surface area contributed by atoms with E-state index in [1.807, 2.05) is 13.8 Å². The zero-order chi connectivity index (χ0) is 19.2. The lowest BCUT2D eigenvalue weighted by atomic mass is 10.2. The average Bonchev–Trinajstić information content (AvgIpc) is 3.15. The standard InChI is InChI=1S/C18H25N5O3S/c1-13(2)21-11-17(19-12-21)27(25,26)23-9-3-4-15(23)10-22-18(24)8-7-16(20-22)14-5-6-14/h7-8,11-15H,3-6,9-10H2,1-2H3. The van der Waals surface area contributed by atoms with Crippen LogP contribution in [0.25, 0.3) is 0 Å². The van der Waals surface area contributed by atoms with Gasteiger partial charge in [0.2, 0.25) is 0 Å². The van der Waals surface area contributed by atoms with Crippen LogP contribution in [0.1, 0.15) is 57.2 Å². The first-order valence-corrected chi connectivity index (χ1v) is 10.9. The Hall–Kier alpha value is -2.00. The lowest BCUT2D eigenvalue weighted by molar-refractivity contribution is 0.333. The Morgan fingerprint density at radius 1 is 1.22 bits per heavy atom. The summed E-state index contributed by atoms with van der Waals surface area (Å²) in [4.78, 5) is 16.3. The van der Waals surface area contributed by atoms with Crippen molar-refractivity contribution >= 4 is 10.0 Å². The normalized spacial score (nSPS) is 21.2. The van der Waals surface area contributed by atoms with Gasteiger partial charge >= 0.3 is 0 Å². The molecule has 1 atom stereocenters. The summed E-state index contributed by atoms with van der Waals surface area (Å²) in [7, 11) is -3.69.